The van der Waals surface area contributed by atoms with Gasteiger partial charge in [0.15, 0.2) is 17.2 Å². The van der Waals surface area contributed by atoms with Crippen LogP contribution >= 0.6 is 27.5 Å². The molecule has 6 nitrogen and oxygen atoms in total. The summed E-state index contributed by atoms with van der Waals surface area (Å²) in [6.45, 7) is 2.18. The second-order valence-corrected chi connectivity index (χ2v) is 8.17. The molecule has 3 aromatic rings. The summed E-state index contributed by atoms with van der Waals surface area (Å²) in [5.41, 5.74) is 1.67. The summed E-state index contributed by atoms with van der Waals surface area (Å²) in [6.07, 6.45) is 1.56. The highest BCUT2D eigenvalue weighted by Crippen LogP contribution is 2.31. The molecule has 0 aliphatic carbocycles. The third kappa shape index (κ3) is 5.32. The molecule has 1 aliphatic rings. The van der Waals surface area contributed by atoms with Crippen LogP contribution in [0.15, 0.2) is 81.9 Å². The van der Waals surface area contributed by atoms with Gasteiger partial charge in [-0.1, -0.05) is 45.7 Å². The zero-order valence-electron chi connectivity index (χ0n) is 17.4. The third-order valence-electron chi connectivity index (χ3n) is 4.58. The number of esters is 2. The molecule has 33 heavy (non-hydrogen) atoms. The van der Waals surface area contributed by atoms with E-state index in [-0.39, 0.29) is 17.3 Å². The van der Waals surface area contributed by atoms with Crippen LogP contribution in [-0.4, -0.2) is 24.4 Å². The molecular weight excluding hydrogens is 510 g/mol. The molecule has 0 radical (unpaired) electrons. The fraction of sp³-hybridized carbons (Fsp3) is 0.0800. The van der Waals surface area contributed by atoms with E-state index >= 15 is 0 Å². The average Bonchev–Trinajstić information content (AvgIpc) is 3.16. The fourth-order valence-electron chi connectivity index (χ4n) is 3.03. The Morgan fingerprint density at radius 1 is 1.09 bits per heavy atom. The van der Waals surface area contributed by atoms with Crippen molar-refractivity contribution in [3.63, 3.8) is 0 Å². The lowest BCUT2D eigenvalue weighted by Gasteiger charge is -2.11. The molecule has 0 spiro atoms. The number of hydrogen-bond acceptors (Lipinski definition) is 6. The van der Waals surface area contributed by atoms with Crippen molar-refractivity contribution in [1.29, 1.82) is 0 Å². The largest absolute Gasteiger partial charge is 0.490 e. The van der Waals surface area contributed by atoms with E-state index in [1.54, 1.807) is 72.8 Å². The average molecular weight is 527 g/mol. The zero-order valence-corrected chi connectivity index (χ0v) is 19.7. The predicted octanol–water partition coefficient (Wildman–Crippen LogP) is 6.06. The van der Waals surface area contributed by atoms with Crippen LogP contribution in [0.4, 0.5) is 0 Å². The summed E-state index contributed by atoms with van der Waals surface area (Å²) in [5.74, 6) is -0.335. The summed E-state index contributed by atoms with van der Waals surface area (Å²) in [6, 6.07) is 18.8. The van der Waals surface area contributed by atoms with Crippen LogP contribution < -0.4 is 9.47 Å². The Labute approximate surface area is 203 Å². The number of hydrogen-bond donors (Lipinski definition) is 0. The molecule has 0 fully saturated rings. The maximum Gasteiger partial charge on any atom is 0.363 e. The quantitative estimate of drug-likeness (QED) is 0.222. The first-order valence-corrected chi connectivity index (χ1v) is 11.1. The van der Waals surface area contributed by atoms with Gasteiger partial charge in [0.1, 0.15) is 0 Å². The molecule has 3 aromatic carbocycles. The number of benzene rings is 3. The van der Waals surface area contributed by atoms with Gasteiger partial charge >= 0.3 is 11.9 Å². The Morgan fingerprint density at radius 3 is 2.58 bits per heavy atom. The number of aliphatic imine (C=N–C) groups is 1. The number of ether oxygens (including phenoxy) is 3. The minimum atomic E-state index is -0.589. The molecule has 8 heteroatoms. The molecule has 0 aromatic heterocycles. The zero-order chi connectivity index (χ0) is 23.4. The lowest BCUT2D eigenvalue weighted by atomic mass is 10.1. The number of nitrogens with zero attached hydrogens (tertiary/aromatic N) is 1. The normalized spacial score (nSPS) is 14.1. The van der Waals surface area contributed by atoms with Gasteiger partial charge in [0.2, 0.25) is 5.90 Å². The monoisotopic (exact) mass is 525 g/mol. The van der Waals surface area contributed by atoms with Gasteiger partial charge in [-0.25, -0.2) is 14.6 Å². The molecule has 0 unspecified atom stereocenters. The highest BCUT2D eigenvalue weighted by atomic mass is 79.9. The van der Waals surface area contributed by atoms with Gasteiger partial charge in [-0.15, -0.1) is 0 Å². The van der Waals surface area contributed by atoms with E-state index in [9.17, 15) is 9.59 Å². The Bertz CT molecular complexity index is 1280. The molecule has 0 saturated carbocycles. The number of carbonyl (C=O) groups is 2. The van der Waals surface area contributed by atoms with Crippen molar-refractivity contribution in [2.24, 2.45) is 4.99 Å². The van der Waals surface area contributed by atoms with Crippen molar-refractivity contribution in [2.45, 2.75) is 6.92 Å². The van der Waals surface area contributed by atoms with Gasteiger partial charge in [0.25, 0.3) is 0 Å². The van der Waals surface area contributed by atoms with E-state index in [1.807, 2.05) is 6.92 Å². The Hall–Kier alpha value is -3.42. The first-order chi connectivity index (χ1) is 15.9. The van der Waals surface area contributed by atoms with Crippen molar-refractivity contribution in [3.05, 3.63) is 98.6 Å². The van der Waals surface area contributed by atoms with Gasteiger partial charge in [-0.2, -0.15) is 0 Å². The van der Waals surface area contributed by atoms with E-state index in [1.165, 1.54) is 0 Å². The van der Waals surface area contributed by atoms with Gasteiger partial charge < -0.3 is 14.2 Å². The Morgan fingerprint density at radius 2 is 1.85 bits per heavy atom. The van der Waals surface area contributed by atoms with Crippen molar-refractivity contribution >= 4 is 51.4 Å². The highest BCUT2D eigenvalue weighted by molar-refractivity contribution is 9.10. The van der Waals surface area contributed by atoms with E-state index in [2.05, 4.69) is 20.9 Å². The topological polar surface area (TPSA) is 74.2 Å². The summed E-state index contributed by atoms with van der Waals surface area (Å²) in [5, 5.41) is 0.431. The van der Waals surface area contributed by atoms with Crippen LogP contribution in [0.5, 0.6) is 11.5 Å². The molecule has 4 rings (SSSR count). The Kier molecular flexibility index (Phi) is 6.91. The van der Waals surface area contributed by atoms with E-state index in [4.69, 9.17) is 25.8 Å². The number of halogens is 2. The molecule has 1 heterocycles. The summed E-state index contributed by atoms with van der Waals surface area (Å²) < 4.78 is 17.3. The second-order valence-electron chi connectivity index (χ2n) is 6.85. The number of cyclic esters (lactones) is 1. The van der Waals surface area contributed by atoms with Crippen LogP contribution in [-0.2, 0) is 9.53 Å². The first kappa shape index (κ1) is 22.8. The minimum Gasteiger partial charge on any atom is -0.490 e. The van der Waals surface area contributed by atoms with Crippen LogP contribution in [0.3, 0.4) is 0 Å². The van der Waals surface area contributed by atoms with Crippen molar-refractivity contribution in [2.75, 3.05) is 6.61 Å². The summed E-state index contributed by atoms with van der Waals surface area (Å²) in [4.78, 5) is 29.1. The minimum absolute atomic E-state index is 0.118. The molecule has 0 atom stereocenters. The smallest absolute Gasteiger partial charge is 0.363 e. The van der Waals surface area contributed by atoms with Crippen LogP contribution in [0.1, 0.15) is 28.4 Å². The predicted molar refractivity (Wildman–Crippen MR) is 129 cm³/mol. The third-order valence-corrected chi connectivity index (χ3v) is 5.44. The number of rotatable bonds is 6. The molecule has 1 aliphatic heterocycles. The van der Waals surface area contributed by atoms with Crippen LogP contribution in [0, 0.1) is 0 Å². The second kappa shape index (κ2) is 10.0. The number of carbonyl (C=O) groups excluding carboxylic acids is 2. The lowest BCUT2D eigenvalue weighted by Crippen LogP contribution is -2.09. The molecule has 0 saturated heterocycles. The molecule has 0 amide bonds. The molecule has 0 bridgehead atoms. The standard InChI is InChI=1S/C25H17BrClNO5/c1-2-31-22-14-15(7-12-21(22)32-24(29)16-8-10-17(26)11-9-16)13-20-25(30)33-23(28-20)18-5-3-4-6-19(18)27/h3-14H,2H2,1H3/b20-13-. The van der Waals surface area contributed by atoms with Crippen molar-refractivity contribution < 1.29 is 23.8 Å². The Balaban J connectivity index is 1.60. The maximum absolute atomic E-state index is 12.5. The fourth-order valence-corrected chi connectivity index (χ4v) is 3.51. The summed E-state index contributed by atoms with van der Waals surface area (Å²) >= 11 is 9.51. The molecule has 0 N–H and O–H groups in total. The van der Waals surface area contributed by atoms with Gasteiger partial charge in [-0.3, -0.25) is 0 Å². The van der Waals surface area contributed by atoms with Crippen LogP contribution in [0.2, 0.25) is 5.02 Å². The lowest BCUT2D eigenvalue weighted by molar-refractivity contribution is -0.129. The molecule has 166 valence electrons. The van der Waals surface area contributed by atoms with Gasteiger partial charge in [-0.05, 0) is 67.1 Å². The van der Waals surface area contributed by atoms with Crippen molar-refractivity contribution in [1.82, 2.24) is 0 Å². The first-order valence-electron chi connectivity index (χ1n) is 9.96. The SMILES string of the molecule is CCOc1cc(/C=C2\N=C(c3ccccc3Cl)OC2=O)ccc1OC(=O)c1ccc(Br)cc1. The van der Waals surface area contributed by atoms with Crippen molar-refractivity contribution in [3.8, 4) is 11.5 Å². The summed E-state index contributed by atoms with van der Waals surface area (Å²) in [7, 11) is 0. The molecular formula is C25H17BrClNO5. The van der Waals surface area contributed by atoms with E-state index in [0.717, 1.165) is 4.47 Å². The van der Waals surface area contributed by atoms with E-state index in [0.29, 0.717) is 34.1 Å². The van der Waals surface area contributed by atoms with E-state index < -0.39 is 11.9 Å². The highest BCUT2D eigenvalue weighted by Gasteiger charge is 2.25. The van der Waals surface area contributed by atoms with Gasteiger partial charge in [0.05, 0.1) is 22.8 Å². The van der Waals surface area contributed by atoms with Gasteiger partial charge in [0, 0.05) is 4.47 Å². The van der Waals surface area contributed by atoms with Crippen LogP contribution in [0.25, 0.3) is 6.08 Å². The maximum atomic E-state index is 12.5.